The third-order valence-corrected chi connectivity index (χ3v) is 6.34. The van der Waals surface area contributed by atoms with Gasteiger partial charge in [0.2, 0.25) is 6.41 Å². The molecule has 3 fully saturated rings. The summed E-state index contributed by atoms with van der Waals surface area (Å²) < 4.78 is 5.83. The van der Waals surface area contributed by atoms with Gasteiger partial charge in [0.05, 0.1) is 0 Å². The third kappa shape index (κ3) is 4.75. The predicted octanol–water partition coefficient (Wildman–Crippen LogP) is 0.694. The summed E-state index contributed by atoms with van der Waals surface area (Å²) in [4.78, 5) is 28.5. The minimum atomic E-state index is -0.789. The van der Waals surface area contributed by atoms with Gasteiger partial charge < -0.3 is 15.4 Å². The fraction of sp³-hybridized carbons (Fsp3) is 0.895. The van der Waals surface area contributed by atoms with E-state index < -0.39 is 5.72 Å². The molecule has 148 valence electrons. The maximum absolute atomic E-state index is 12.7. The number of piperazine rings is 1. The summed E-state index contributed by atoms with van der Waals surface area (Å²) in [6.07, 6.45) is 7.64. The lowest BCUT2D eigenvalue weighted by Crippen LogP contribution is -2.57. The fourth-order valence-corrected chi connectivity index (χ4v) is 4.59. The quantitative estimate of drug-likeness (QED) is 0.409. The first-order valence-electron chi connectivity index (χ1n) is 10.3. The molecule has 1 atom stereocenters. The number of piperidine rings is 1. The number of hydrogen-bond acceptors (Lipinski definition) is 6. The van der Waals surface area contributed by atoms with E-state index in [9.17, 15) is 9.59 Å². The topological polar surface area (TPSA) is 73.9 Å². The Morgan fingerprint density at radius 3 is 2.42 bits per heavy atom. The van der Waals surface area contributed by atoms with Crippen molar-refractivity contribution in [1.82, 2.24) is 20.4 Å². The van der Waals surface area contributed by atoms with E-state index in [0.29, 0.717) is 25.3 Å². The highest BCUT2D eigenvalue weighted by atomic mass is 16.6. The molecule has 2 heterocycles. The van der Waals surface area contributed by atoms with Crippen LogP contribution in [-0.2, 0) is 14.3 Å². The lowest BCUT2D eigenvalue weighted by Gasteiger charge is -2.43. The van der Waals surface area contributed by atoms with Gasteiger partial charge in [0, 0.05) is 45.1 Å². The van der Waals surface area contributed by atoms with Gasteiger partial charge in [-0.25, -0.2) is 0 Å². The summed E-state index contributed by atoms with van der Waals surface area (Å²) in [5.41, 5.74) is -0.789. The van der Waals surface area contributed by atoms with Crippen LogP contribution in [0.2, 0.25) is 0 Å². The van der Waals surface area contributed by atoms with Gasteiger partial charge in [0.15, 0.2) is 5.72 Å². The van der Waals surface area contributed by atoms with Crippen molar-refractivity contribution in [3.63, 3.8) is 0 Å². The molecule has 1 saturated carbocycles. The van der Waals surface area contributed by atoms with Gasteiger partial charge >= 0.3 is 5.97 Å². The predicted molar refractivity (Wildman–Crippen MR) is 99.6 cm³/mol. The molecule has 2 N–H and O–H groups in total. The van der Waals surface area contributed by atoms with Crippen LogP contribution >= 0.6 is 0 Å². The van der Waals surface area contributed by atoms with E-state index in [1.54, 1.807) is 0 Å². The number of nitrogens with zero attached hydrogens (tertiary/aromatic N) is 2. The molecule has 0 aromatic rings. The van der Waals surface area contributed by atoms with Crippen LogP contribution in [0.1, 0.15) is 51.9 Å². The number of nitrogens with one attached hydrogen (secondary N) is 2. The van der Waals surface area contributed by atoms with Crippen LogP contribution in [0.15, 0.2) is 0 Å². The van der Waals surface area contributed by atoms with Gasteiger partial charge in [-0.05, 0) is 45.7 Å². The fourth-order valence-electron chi connectivity index (χ4n) is 4.59. The molecular formula is C19H34N4O3. The molecule has 1 aliphatic carbocycles. The molecule has 0 radical (unpaired) electrons. The van der Waals surface area contributed by atoms with Crippen LogP contribution in [0.3, 0.4) is 0 Å². The second-order valence-corrected chi connectivity index (χ2v) is 7.97. The molecule has 3 aliphatic rings. The molecule has 1 amide bonds. The average Bonchev–Trinajstić information content (AvgIpc) is 2.69. The SMILES string of the molecule is CC(C(=O)OC1(NC=O)CCCCC1)N1CCN(C2CCNCC2)CC1. The maximum atomic E-state index is 12.7. The Kier molecular flexibility index (Phi) is 6.89. The van der Waals surface area contributed by atoms with Crippen molar-refractivity contribution in [3.05, 3.63) is 0 Å². The van der Waals surface area contributed by atoms with Crippen molar-refractivity contribution < 1.29 is 14.3 Å². The molecule has 7 nitrogen and oxygen atoms in total. The van der Waals surface area contributed by atoms with Gasteiger partial charge in [-0.1, -0.05) is 6.42 Å². The number of hydrogen-bond donors (Lipinski definition) is 2. The van der Waals surface area contributed by atoms with Crippen LogP contribution in [0, 0.1) is 0 Å². The van der Waals surface area contributed by atoms with E-state index in [-0.39, 0.29) is 12.0 Å². The average molecular weight is 367 g/mol. The number of amides is 1. The zero-order chi connectivity index (χ0) is 18.4. The molecule has 2 saturated heterocycles. The van der Waals surface area contributed by atoms with Crippen molar-refractivity contribution in [2.75, 3.05) is 39.3 Å². The molecule has 0 bridgehead atoms. The minimum absolute atomic E-state index is 0.212. The number of ether oxygens (including phenoxy) is 1. The molecule has 0 aromatic heterocycles. The minimum Gasteiger partial charge on any atom is -0.438 e. The molecule has 3 rings (SSSR count). The number of esters is 1. The second-order valence-electron chi connectivity index (χ2n) is 7.97. The molecular weight excluding hydrogens is 332 g/mol. The van der Waals surface area contributed by atoms with Crippen molar-refractivity contribution in [2.24, 2.45) is 0 Å². The summed E-state index contributed by atoms with van der Waals surface area (Å²) in [6, 6.07) is 0.417. The smallest absolute Gasteiger partial charge is 0.325 e. The summed E-state index contributed by atoms with van der Waals surface area (Å²) in [6.45, 7) is 7.97. The monoisotopic (exact) mass is 366 g/mol. The molecule has 26 heavy (non-hydrogen) atoms. The van der Waals surface area contributed by atoms with Gasteiger partial charge in [0.1, 0.15) is 6.04 Å². The van der Waals surface area contributed by atoms with Gasteiger partial charge in [-0.2, -0.15) is 0 Å². The van der Waals surface area contributed by atoms with Crippen LogP contribution in [0.5, 0.6) is 0 Å². The number of carbonyl (C=O) groups excluding carboxylic acids is 2. The van der Waals surface area contributed by atoms with E-state index in [2.05, 4.69) is 20.4 Å². The zero-order valence-corrected chi connectivity index (χ0v) is 16.0. The molecule has 7 heteroatoms. The van der Waals surface area contributed by atoms with Crippen molar-refractivity contribution in [1.29, 1.82) is 0 Å². The summed E-state index contributed by atoms with van der Waals surface area (Å²) in [5.74, 6) is -0.212. The van der Waals surface area contributed by atoms with Gasteiger partial charge in [0.25, 0.3) is 0 Å². The normalized spacial score (nSPS) is 26.8. The number of carbonyl (C=O) groups is 2. The van der Waals surface area contributed by atoms with E-state index in [1.807, 2.05) is 6.92 Å². The first-order valence-corrected chi connectivity index (χ1v) is 10.3. The molecule has 0 aromatic carbocycles. The Labute approximate surface area is 156 Å². The summed E-state index contributed by atoms with van der Waals surface area (Å²) in [5, 5.41) is 6.20. The lowest BCUT2D eigenvalue weighted by molar-refractivity contribution is -0.174. The van der Waals surface area contributed by atoms with Gasteiger partial charge in [-0.3, -0.25) is 19.4 Å². The molecule has 1 unspecified atom stereocenters. The molecule has 2 aliphatic heterocycles. The highest BCUT2D eigenvalue weighted by Crippen LogP contribution is 2.30. The van der Waals surface area contributed by atoms with Crippen molar-refractivity contribution in [2.45, 2.75) is 69.7 Å². The van der Waals surface area contributed by atoms with E-state index >= 15 is 0 Å². The Hall–Kier alpha value is -1.18. The lowest BCUT2D eigenvalue weighted by atomic mass is 9.91. The van der Waals surface area contributed by atoms with Crippen LogP contribution in [-0.4, -0.2) is 79.3 Å². The first kappa shape index (κ1) is 19.6. The summed E-state index contributed by atoms with van der Waals surface area (Å²) in [7, 11) is 0. The maximum Gasteiger partial charge on any atom is 0.325 e. The van der Waals surface area contributed by atoms with Crippen LogP contribution < -0.4 is 10.6 Å². The largest absolute Gasteiger partial charge is 0.438 e. The second kappa shape index (κ2) is 9.15. The van der Waals surface area contributed by atoms with E-state index in [4.69, 9.17) is 4.74 Å². The van der Waals surface area contributed by atoms with Crippen molar-refractivity contribution in [3.8, 4) is 0 Å². The molecule has 0 spiro atoms. The van der Waals surface area contributed by atoms with Gasteiger partial charge in [-0.15, -0.1) is 0 Å². The Morgan fingerprint density at radius 2 is 1.81 bits per heavy atom. The standard InChI is InChI=1S/C19H34N4O3/c1-16(18(25)26-19(21-15-24)7-3-2-4-8-19)22-11-13-23(14-12-22)17-5-9-20-10-6-17/h15-17,20H,2-14H2,1H3,(H,21,24). The van der Waals surface area contributed by atoms with Crippen LogP contribution in [0.4, 0.5) is 0 Å². The zero-order valence-electron chi connectivity index (χ0n) is 16.0. The van der Waals surface area contributed by atoms with E-state index in [0.717, 1.165) is 58.5 Å². The van der Waals surface area contributed by atoms with E-state index in [1.165, 1.54) is 12.8 Å². The third-order valence-electron chi connectivity index (χ3n) is 6.34. The first-order chi connectivity index (χ1) is 12.6. The Bertz CT molecular complexity index is 467. The van der Waals surface area contributed by atoms with Crippen molar-refractivity contribution >= 4 is 12.4 Å². The Morgan fingerprint density at radius 1 is 1.15 bits per heavy atom. The number of rotatable bonds is 6. The Balaban J connectivity index is 1.49. The summed E-state index contributed by atoms with van der Waals surface area (Å²) >= 11 is 0. The highest BCUT2D eigenvalue weighted by molar-refractivity contribution is 5.76. The highest BCUT2D eigenvalue weighted by Gasteiger charge is 2.38. The van der Waals surface area contributed by atoms with Crippen LogP contribution in [0.25, 0.3) is 0 Å².